The van der Waals surface area contributed by atoms with Crippen LogP contribution >= 0.6 is 0 Å². The molecule has 3 aromatic rings. The third kappa shape index (κ3) is 6.16. The number of carbonyl (C=O) groups is 1. The molecule has 0 unspecified atom stereocenters. The van der Waals surface area contributed by atoms with Gasteiger partial charge in [0.15, 0.2) is 5.82 Å². The van der Waals surface area contributed by atoms with Crippen molar-refractivity contribution in [1.29, 1.82) is 0 Å². The van der Waals surface area contributed by atoms with E-state index in [9.17, 15) is 4.79 Å². The molecule has 1 aliphatic rings. The van der Waals surface area contributed by atoms with Crippen LogP contribution in [0.2, 0.25) is 0 Å². The first-order valence-corrected chi connectivity index (χ1v) is 12.4. The van der Waals surface area contributed by atoms with E-state index in [1.807, 2.05) is 37.3 Å². The summed E-state index contributed by atoms with van der Waals surface area (Å²) in [4.78, 5) is 17.2. The highest BCUT2D eigenvalue weighted by atomic mass is 16.5. The monoisotopic (exact) mass is 490 g/mol. The summed E-state index contributed by atoms with van der Waals surface area (Å²) >= 11 is 0. The van der Waals surface area contributed by atoms with Crippen LogP contribution in [0.1, 0.15) is 44.7 Å². The van der Waals surface area contributed by atoms with E-state index in [2.05, 4.69) is 37.3 Å². The molecule has 0 aliphatic heterocycles. The SMILES string of the molecule is C=C/C=C(\C=C(/CC)C(=O)NCCOC1CCC(OC)CC1)c1n[nH]c2ccc(-c3ncn[nH]3)cc12. The van der Waals surface area contributed by atoms with Crippen LogP contribution in [0.4, 0.5) is 0 Å². The largest absolute Gasteiger partial charge is 0.381 e. The van der Waals surface area contributed by atoms with Gasteiger partial charge in [-0.05, 0) is 56.4 Å². The number of nitrogens with zero attached hydrogens (tertiary/aromatic N) is 3. The van der Waals surface area contributed by atoms with Crippen molar-refractivity contribution in [2.24, 2.45) is 0 Å². The van der Waals surface area contributed by atoms with E-state index in [0.29, 0.717) is 37.1 Å². The predicted molar refractivity (Wildman–Crippen MR) is 140 cm³/mol. The Kier molecular flexibility index (Phi) is 8.80. The van der Waals surface area contributed by atoms with Crippen LogP contribution in [-0.2, 0) is 14.3 Å². The second-order valence-corrected chi connectivity index (χ2v) is 8.81. The Morgan fingerprint density at radius 2 is 2.03 bits per heavy atom. The third-order valence-corrected chi connectivity index (χ3v) is 6.52. The molecule has 1 saturated carbocycles. The number of methoxy groups -OCH3 is 1. The highest BCUT2D eigenvalue weighted by Crippen LogP contribution is 2.28. The van der Waals surface area contributed by atoms with Gasteiger partial charge in [0.25, 0.3) is 0 Å². The molecule has 0 atom stereocenters. The zero-order valence-corrected chi connectivity index (χ0v) is 20.9. The van der Waals surface area contributed by atoms with Gasteiger partial charge in [0.1, 0.15) is 6.33 Å². The number of allylic oxidation sites excluding steroid dienone is 4. The van der Waals surface area contributed by atoms with Crippen molar-refractivity contribution in [2.45, 2.75) is 51.2 Å². The molecule has 0 saturated heterocycles. The molecule has 0 spiro atoms. The van der Waals surface area contributed by atoms with Crippen molar-refractivity contribution in [3.63, 3.8) is 0 Å². The molecule has 4 rings (SSSR count). The molecule has 190 valence electrons. The maximum absolute atomic E-state index is 12.9. The van der Waals surface area contributed by atoms with Crippen molar-refractivity contribution < 1.29 is 14.3 Å². The smallest absolute Gasteiger partial charge is 0.247 e. The number of amides is 1. The van der Waals surface area contributed by atoms with Crippen LogP contribution in [0.3, 0.4) is 0 Å². The number of hydrogen-bond acceptors (Lipinski definition) is 6. The number of carbonyl (C=O) groups excluding carboxylic acids is 1. The molecule has 1 fully saturated rings. The van der Waals surface area contributed by atoms with Gasteiger partial charge in [-0.25, -0.2) is 4.98 Å². The van der Waals surface area contributed by atoms with Crippen molar-refractivity contribution >= 4 is 22.4 Å². The molecule has 0 bridgehead atoms. The van der Waals surface area contributed by atoms with Gasteiger partial charge in [-0.2, -0.15) is 10.2 Å². The van der Waals surface area contributed by atoms with E-state index < -0.39 is 0 Å². The standard InChI is InChI=1S/C27H34N6O3/c1-4-6-19(25-23-16-20(26-29-17-30-33-26)7-12-24(23)31-32-25)15-18(5-2)27(34)28-13-14-36-22-10-8-21(35-3)9-11-22/h4,6-7,12,15-17,21-22H,1,5,8-11,13-14H2,2-3H3,(H,28,34)(H,31,32)(H,29,30,33)/b18-15+,19-6+. The maximum atomic E-state index is 12.9. The molecule has 1 amide bonds. The number of hydrogen-bond donors (Lipinski definition) is 3. The van der Waals surface area contributed by atoms with E-state index in [1.54, 1.807) is 13.2 Å². The number of aromatic amines is 2. The van der Waals surface area contributed by atoms with Gasteiger partial charge in [0.2, 0.25) is 5.91 Å². The predicted octanol–water partition coefficient (Wildman–Crippen LogP) is 4.34. The zero-order valence-electron chi connectivity index (χ0n) is 20.9. The minimum Gasteiger partial charge on any atom is -0.381 e. The zero-order chi connectivity index (χ0) is 25.3. The second-order valence-electron chi connectivity index (χ2n) is 8.81. The van der Waals surface area contributed by atoms with Gasteiger partial charge in [0, 0.05) is 35.8 Å². The molecule has 0 radical (unpaired) electrons. The van der Waals surface area contributed by atoms with E-state index in [4.69, 9.17) is 9.47 Å². The minimum atomic E-state index is -0.110. The minimum absolute atomic E-state index is 0.110. The lowest BCUT2D eigenvalue weighted by atomic mass is 9.95. The molecule has 36 heavy (non-hydrogen) atoms. The van der Waals surface area contributed by atoms with Crippen molar-refractivity contribution in [1.82, 2.24) is 30.7 Å². The number of rotatable bonds is 11. The summed E-state index contributed by atoms with van der Waals surface area (Å²) in [7, 11) is 1.76. The van der Waals surface area contributed by atoms with E-state index in [0.717, 1.165) is 53.4 Å². The molecule has 2 aromatic heterocycles. The van der Waals surface area contributed by atoms with Crippen LogP contribution in [0.5, 0.6) is 0 Å². The van der Waals surface area contributed by atoms with E-state index in [1.165, 1.54) is 6.33 Å². The molecule has 1 aliphatic carbocycles. The van der Waals surface area contributed by atoms with Crippen LogP contribution in [0, 0.1) is 0 Å². The van der Waals surface area contributed by atoms with Gasteiger partial charge in [-0.3, -0.25) is 15.0 Å². The molecule has 3 N–H and O–H groups in total. The molecule has 2 heterocycles. The lowest BCUT2D eigenvalue weighted by Crippen LogP contribution is -2.31. The fourth-order valence-corrected chi connectivity index (χ4v) is 4.50. The average molecular weight is 491 g/mol. The molecule has 9 heteroatoms. The van der Waals surface area contributed by atoms with Crippen LogP contribution in [0.15, 0.2) is 54.9 Å². The number of nitrogens with one attached hydrogen (secondary N) is 3. The van der Waals surface area contributed by atoms with Crippen LogP contribution < -0.4 is 5.32 Å². The first-order valence-electron chi connectivity index (χ1n) is 12.4. The Balaban J connectivity index is 1.43. The number of ether oxygens (including phenoxy) is 2. The highest BCUT2D eigenvalue weighted by Gasteiger charge is 2.21. The Morgan fingerprint density at radius 1 is 1.22 bits per heavy atom. The molecule has 1 aromatic carbocycles. The molecular formula is C27H34N6O3. The Morgan fingerprint density at radius 3 is 2.72 bits per heavy atom. The van der Waals surface area contributed by atoms with Crippen molar-refractivity contribution in [2.75, 3.05) is 20.3 Å². The van der Waals surface area contributed by atoms with Gasteiger partial charge in [0.05, 0.1) is 30.0 Å². The Labute approximate surface area is 211 Å². The first kappa shape index (κ1) is 25.5. The Bertz CT molecular complexity index is 1220. The summed E-state index contributed by atoms with van der Waals surface area (Å²) < 4.78 is 11.4. The summed E-state index contributed by atoms with van der Waals surface area (Å²) in [6.45, 7) is 6.77. The summed E-state index contributed by atoms with van der Waals surface area (Å²) in [6, 6.07) is 5.91. The molecule has 9 nitrogen and oxygen atoms in total. The highest BCUT2D eigenvalue weighted by molar-refractivity contribution is 6.00. The van der Waals surface area contributed by atoms with Crippen molar-refractivity contribution in [3.8, 4) is 11.4 Å². The van der Waals surface area contributed by atoms with E-state index in [-0.39, 0.29) is 12.0 Å². The number of aromatic nitrogens is 5. The summed E-state index contributed by atoms with van der Waals surface area (Å²) in [6.07, 6.45) is 12.1. The van der Waals surface area contributed by atoms with Crippen molar-refractivity contribution in [3.05, 3.63) is 60.6 Å². The quantitative estimate of drug-likeness (QED) is 0.209. The topological polar surface area (TPSA) is 118 Å². The summed E-state index contributed by atoms with van der Waals surface area (Å²) in [5.74, 6) is 0.567. The first-order chi connectivity index (χ1) is 17.6. The fourth-order valence-electron chi connectivity index (χ4n) is 4.50. The third-order valence-electron chi connectivity index (χ3n) is 6.52. The number of benzene rings is 1. The second kappa shape index (κ2) is 12.4. The van der Waals surface area contributed by atoms with Gasteiger partial charge in [-0.15, -0.1) is 0 Å². The van der Waals surface area contributed by atoms with Gasteiger partial charge < -0.3 is 14.8 Å². The summed E-state index contributed by atoms with van der Waals surface area (Å²) in [5.41, 5.74) is 3.97. The van der Waals surface area contributed by atoms with Crippen LogP contribution in [0.25, 0.3) is 27.9 Å². The van der Waals surface area contributed by atoms with Crippen LogP contribution in [-0.4, -0.2) is 63.8 Å². The number of fused-ring (bicyclic) bond motifs is 1. The summed E-state index contributed by atoms with van der Waals surface area (Å²) in [5, 5.41) is 18.3. The van der Waals surface area contributed by atoms with Gasteiger partial charge in [-0.1, -0.05) is 25.7 Å². The Hall–Kier alpha value is -3.56. The fraction of sp³-hybridized carbons (Fsp3) is 0.407. The molecular weight excluding hydrogens is 456 g/mol. The average Bonchev–Trinajstić information content (AvgIpc) is 3.59. The lowest BCUT2D eigenvalue weighted by molar-refractivity contribution is -0.118. The maximum Gasteiger partial charge on any atom is 0.247 e. The lowest BCUT2D eigenvalue weighted by Gasteiger charge is -2.27. The van der Waals surface area contributed by atoms with Gasteiger partial charge >= 0.3 is 0 Å². The van der Waals surface area contributed by atoms with E-state index >= 15 is 0 Å². The number of H-pyrrole nitrogens is 2. The normalized spacial score (nSPS) is 18.9.